The molecule has 0 aliphatic carbocycles. The van der Waals surface area contributed by atoms with Gasteiger partial charge in [0.25, 0.3) is 0 Å². The van der Waals surface area contributed by atoms with E-state index in [1.165, 1.54) is 6.07 Å². The zero-order chi connectivity index (χ0) is 51.5. The summed E-state index contributed by atoms with van der Waals surface area (Å²) in [7, 11) is 0. The van der Waals surface area contributed by atoms with E-state index in [2.05, 4.69) is 26.4 Å². The Labute approximate surface area is 434 Å². The predicted octanol–water partition coefficient (Wildman–Crippen LogP) is 18.2. The van der Waals surface area contributed by atoms with Crippen LogP contribution in [0, 0.1) is 13.1 Å². The van der Waals surface area contributed by atoms with Gasteiger partial charge >= 0.3 is 6.18 Å². The molecule has 13 aromatic rings. The number of nitrogens with zero attached hydrogens (tertiary/aromatic N) is 7. The van der Waals surface area contributed by atoms with Crippen LogP contribution >= 0.6 is 0 Å². The molecule has 3 heterocycles. The van der Waals surface area contributed by atoms with Crippen LogP contribution in [0.5, 0.6) is 0 Å². The second-order valence-electron chi connectivity index (χ2n) is 18.4. The van der Waals surface area contributed by atoms with E-state index in [4.69, 9.17) is 28.1 Å². The van der Waals surface area contributed by atoms with Crippen LogP contribution in [0.15, 0.2) is 231 Å². The first-order chi connectivity index (χ1) is 37.2. The molecule has 0 N–H and O–H groups in total. The minimum atomic E-state index is -4.68. The van der Waals surface area contributed by atoms with E-state index in [1.54, 1.807) is 18.2 Å². The van der Waals surface area contributed by atoms with E-state index < -0.39 is 11.7 Å². The number of benzene rings is 10. The monoisotopic (exact) mass is 985 g/mol. The van der Waals surface area contributed by atoms with Crippen molar-refractivity contribution in [1.82, 2.24) is 24.1 Å². The second kappa shape index (κ2) is 18.3. The molecule has 0 unspecified atom stereocenters. The van der Waals surface area contributed by atoms with Crippen molar-refractivity contribution in [1.29, 1.82) is 0 Å². The number of hydrogen-bond donors (Lipinski definition) is 0. The fraction of sp³-hybridized carbons (Fsp3) is 0.0152. The Balaban J connectivity index is 1.12. The van der Waals surface area contributed by atoms with E-state index >= 15 is 13.2 Å². The molecule has 358 valence electrons. The Bertz CT molecular complexity index is 4480. The van der Waals surface area contributed by atoms with Crippen LogP contribution in [-0.4, -0.2) is 24.1 Å². The van der Waals surface area contributed by atoms with Crippen LogP contribution in [0.2, 0.25) is 0 Å². The third kappa shape index (κ3) is 7.72. The average Bonchev–Trinajstić information content (AvgIpc) is 4.12. The molecule has 3 aromatic heterocycles. The Morgan fingerprint density at radius 1 is 0.329 bits per heavy atom. The van der Waals surface area contributed by atoms with E-state index in [-0.39, 0.29) is 0 Å². The predicted molar refractivity (Wildman–Crippen MR) is 299 cm³/mol. The van der Waals surface area contributed by atoms with Crippen LogP contribution in [0.4, 0.5) is 24.5 Å². The minimum absolute atomic E-state index is 0.334. The van der Waals surface area contributed by atoms with Gasteiger partial charge in [0.15, 0.2) is 28.8 Å². The van der Waals surface area contributed by atoms with Crippen molar-refractivity contribution in [3.8, 4) is 78.9 Å². The lowest BCUT2D eigenvalue weighted by Crippen LogP contribution is -2.08. The summed E-state index contributed by atoms with van der Waals surface area (Å²) in [6.45, 7) is 15.9. The number of rotatable bonds is 8. The number of hydrogen-bond acceptors (Lipinski definition) is 3. The third-order valence-corrected chi connectivity index (χ3v) is 14.1. The smallest absolute Gasteiger partial charge is 0.309 e. The van der Waals surface area contributed by atoms with Gasteiger partial charge in [-0.05, 0) is 82.9 Å². The molecule has 0 fully saturated rings. The normalized spacial score (nSPS) is 11.6. The van der Waals surface area contributed by atoms with Gasteiger partial charge in [-0.25, -0.2) is 24.6 Å². The molecule has 0 aliphatic rings. The van der Waals surface area contributed by atoms with Crippen molar-refractivity contribution >= 4 is 55.0 Å². The molecule has 13 rings (SSSR count). The first kappa shape index (κ1) is 45.4. The SMILES string of the molecule is [C-]#[N+]c1ccccc1-c1ccc2c(c1)c1ccccc1n2-c1ccc(C(F)(F)F)cc1-c1ccc(-c2nc(-c3ccccc3)nc(-c3ccccc3)n2)cc1-n1c2ccccc2c2cc(-c3ccccc3[N+]#[C-])ccc21. The lowest BCUT2D eigenvalue weighted by Gasteiger charge is -2.21. The van der Waals surface area contributed by atoms with Gasteiger partial charge in [-0.2, -0.15) is 13.2 Å². The number of para-hydroxylation sites is 4. The number of halogens is 3. The molecule has 0 saturated carbocycles. The lowest BCUT2D eigenvalue weighted by atomic mass is 9.96. The highest BCUT2D eigenvalue weighted by Gasteiger charge is 2.33. The molecular weight excluding hydrogens is 948 g/mol. The first-order valence-corrected chi connectivity index (χ1v) is 24.5. The maximum absolute atomic E-state index is 15.3. The second-order valence-corrected chi connectivity index (χ2v) is 18.4. The van der Waals surface area contributed by atoms with E-state index in [0.717, 1.165) is 83.1 Å². The summed E-state index contributed by atoms with van der Waals surface area (Å²) in [5.41, 5.74) is 10.9. The highest BCUT2D eigenvalue weighted by Crippen LogP contribution is 2.46. The number of aromatic nitrogens is 5. The first-order valence-electron chi connectivity index (χ1n) is 24.5. The van der Waals surface area contributed by atoms with Gasteiger partial charge < -0.3 is 9.13 Å². The highest BCUT2D eigenvalue weighted by atomic mass is 19.4. The van der Waals surface area contributed by atoms with Gasteiger partial charge in [-0.1, -0.05) is 170 Å². The summed E-state index contributed by atoms with van der Waals surface area (Å²) in [6.07, 6.45) is -4.68. The van der Waals surface area contributed by atoms with E-state index in [0.29, 0.717) is 56.9 Å². The van der Waals surface area contributed by atoms with E-state index in [9.17, 15) is 0 Å². The topological polar surface area (TPSA) is 57.2 Å². The Morgan fingerprint density at radius 2 is 0.763 bits per heavy atom. The largest absolute Gasteiger partial charge is 0.416 e. The fourth-order valence-electron chi connectivity index (χ4n) is 10.6. The van der Waals surface area contributed by atoms with Crippen LogP contribution in [0.3, 0.4) is 0 Å². The summed E-state index contributed by atoms with van der Waals surface area (Å²) in [6, 6.07) is 72.1. The molecule has 10 heteroatoms. The number of fused-ring (bicyclic) bond motifs is 6. The van der Waals surface area contributed by atoms with Gasteiger partial charge in [0.05, 0.1) is 52.1 Å². The molecule has 0 bridgehead atoms. The molecular formula is C66H38F3N7. The average molecular weight is 986 g/mol. The molecule has 7 nitrogen and oxygen atoms in total. The summed E-state index contributed by atoms with van der Waals surface area (Å²) in [4.78, 5) is 22.8. The molecule has 10 aromatic carbocycles. The fourth-order valence-corrected chi connectivity index (χ4v) is 10.6. The van der Waals surface area contributed by atoms with Gasteiger partial charge in [0.2, 0.25) is 0 Å². The number of alkyl halides is 3. The van der Waals surface area contributed by atoms with E-state index in [1.807, 2.05) is 193 Å². The lowest BCUT2D eigenvalue weighted by molar-refractivity contribution is -0.137. The zero-order valence-corrected chi connectivity index (χ0v) is 40.2. The maximum atomic E-state index is 15.3. The van der Waals surface area contributed by atoms with Crippen LogP contribution in [0.1, 0.15) is 5.56 Å². The van der Waals surface area contributed by atoms with Gasteiger partial charge in [-0.3, -0.25) is 0 Å². The molecule has 0 spiro atoms. The van der Waals surface area contributed by atoms with Crippen LogP contribution in [-0.2, 0) is 6.18 Å². The molecule has 0 atom stereocenters. The Morgan fingerprint density at radius 3 is 1.28 bits per heavy atom. The highest BCUT2D eigenvalue weighted by molar-refractivity contribution is 6.13. The Hall–Kier alpha value is -10.4. The molecule has 76 heavy (non-hydrogen) atoms. The summed E-state index contributed by atoms with van der Waals surface area (Å²) < 4.78 is 50.1. The van der Waals surface area contributed by atoms with Crippen molar-refractivity contribution < 1.29 is 13.2 Å². The summed E-state index contributed by atoms with van der Waals surface area (Å²) >= 11 is 0. The van der Waals surface area contributed by atoms with Crippen molar-refractivity contribution in [3.63, 3.8) is 0 Å². The van der Waals surface area contributed by atoms with Crippen molar-refractivity contribution in [3.05, 3.63) is 259 Å². The van der Waals surface area contributed by atoms with Gasteiger partial charge in [0.1, 0.15) is 0 Å². The third-order valence-electron chi connectivity index (χ3n) is 14.1. The molecule has 0 radical (unpaired) electrons. The van der Waals surface area contributed by atoms with Crippen molar-refractivity contribution in [2.45, 2.75) is 6.18 Å². The molecule has 0 aliphatic heterocycles. The van der Waals surface area contributed by atoms with Gasteiger partial charge in [-0.15, -0.1) is 0 Å². The summed E-state index contributed by atoms with van der Waals surface area (Å²) in [5, 5.41) is 3.59. The summed E-state index contributed by atoms with van der Waals surface area (Å²) in [5.74, 6) is 1.31. The Kier molecular flexibility index (Phi) is 10.9. The molecule has 0 amide bonds. The van der Waals surface area contributed by atoms with Crippen LogP contribution < -0.4 is 0 Å². The zero-order valence-electron chi connectivity index (χ0n) is 40.2. The molecule has 0 saturated heterocycles. The van der Waals surface area contributed by atoms with Crippen molar-refractivity contribution in [2.75, 3.05) is 0 Å². The van der Waals surface area contributed by atoms with Gasteiger partial charge in [0, 0.05) is 49.4 Å². The van der Waals surface area contributed by atoms with Crippen LogP contribution in [0.25, 0.3) is 132 Å². The minimum Gasteiger partial charge on any atom is -0.309 e. The maximum Gasteiger partial charge on any atom is 0.416 e. The quantitative estimate of drug-likeness (QED) is 0.143. The van der Waals surface area contributed by atoms with Crippen molar-refractivity contribution in [2.24, 2.45) is 0 Å². The standard InChI is InChI=1S/C66H38F3N7/c1-70-55-25-13-9-21-47(55)43-30-34-59-52(37-43)49-23-11-15-27-57(49)75(59)61-36-32-46(66(67,68)69)40-54(61)51-33-29-45(65-73-63(41-17-5-3-6-18-41)72-64(74-65)42-19-7-4-8-20-42)39-62(51)76-58-28-16-12-24-50(58)53-38-44(31-35-60(53)76)48-22-10-14-26-56(48)71-2/h3-40H.